The Hall–Kier alpha value is -5.91. The number of aliphatic hydroxyl groups excluding tert-OH is 2. The van der Waals surface area contributed by atoms with Crippen LogP contribution in [0, 0.1) is 0 Å². The third-order valence-electron chi connectivity index (χ3n) is 7.12. The van der Waals surface area contributed by atoms with Crippen molar-refractivity contribution in [1.82, 2.24) is 0 Å². The summed E-state index contributed by atoms with van der Waals surface area (Å²) < 4.78 is 20.8. The van der Waals surface area contributed by atoms with Gasteiger partial charge in [0.1, 0.15) is 18.8 Å². The monoisotopic (exact) mass is 644 g/mol. The Morgan fingerprint density at radius 3 is 1.80 bits per heavy atom. The van der Waals surface area contributed by atoms with E-state index < -0.39 is 118 Å². The number of aromatic hydroxyl groups is 8. The summed E-state index contributed by atoms with van der Waals surface area (Å²) in [5, 5.41) is 102. The normalized spacial score (nSPS) is 22.6. The van der Waals surface area contributed by atoms with Gasteiger partial charge < -0.3 is 70.0 Å². The number of fused-ring (bicyclic) bond motifs is 4. The molecular weight excluding hydrogens is 620 g/mol. The fourth-order valence-corrected chi connectivity index (χ4v) is 4.82. The van der Waals surface area contributed by atoms with E-state index >= 15 is 0 Å². The fraction of sp³-hybridized carbons (Fsp3) is 0.207. The number of phenolic OH excluding ortho intramolecular Hbond substituents is 8. The van der Waals surface area contributed by atoms with E-state index in [2.05, 4.69) is 0 Å². The molecule has 0 radical (unpaired) electrons. The minimum atomic E-state index is -2.16. The van der Waals surface area contributed by atoms with Crippen molar-refractivity contribution in [2.75, 3.05) is 6.61 Å². The molecule has 0 bridgehead atoms. The maximum atomic E-state index is 13.4. The molecule has 242 valence electrons. The molecule has 17 nitrogen and oxygen atoms in total. The van der Waals surface area contributed by atoms with Crippen molar-refractivity contribution in [3.8, 4) is 57.1 Å². The molecular formula is C29H24O17. The Kier molecular flexibility index (Phi) is 8.14. The highest BCUT2D eigenvalue weighted by Crippen LogP contribution is 2.53. The Morgan fingerprint density at radius 2 is 1.26 bits per heavy atom. The predicted octanol–water partition coefficient (Wildman–Crippen LogP) is 0.397. The van der Waals surface area contributed by atoms with Gasteiger partial charge in [-0.15, -0.1) is 0 Å². The first-order valence-electron chi connectivity index (χ1n) is 13.1. The lowest BCUT2D eigenvalue weighted by Crippen LogP contribution is -2.61. The maximum Gasteiger partial charge on any atom is 0.339 e. The largest absolute Gasteiger partial charge is 0.504 e. The molecule has 0 amide bonds. The number of carbonyl (C=O) groups is 3. The van der Waals surface area contributed by atoms with Crippen LogP contribution in [0.5, 0.6) is 46.0 Å². The van der Waals surface area contributed by atoms with Crippen LogP contribution in [0.15, 0.2) is 36.4 Å². The van der Waals surface area contributed by atoms with Crippen LogP contribution in [-0.4, -0.2) is 106 Å². The Bertz CT molecular complexity index is 1780. The fourth-order valence-electron chi connectivity index (χ4n) is 4.82. The molecule has 0 aliphatic carbocycles. The Morgan fingerprint density at radius 1 is 0.717 bits per heavy atom. The summed E-state index contributed by atoms with van der Waals surface area (Å²) in [5.74, 6) is -11.9. The molecule has 0 saturated carbocycles. The summed E-state index contributed by atoms with van der Waals surface area (Å²) in [6.45, 7) is -0.757. The number of benzene rings is 3. The first-order chi connectivity index (χ1) is 21.7. The zero-order valence-corrected chi connectivity index (χ0v) is 23.0. The second kappa shape index (κ2) is 11.9. The second-order valence-electron chi connectivity index (χ2n) is 10.0. The number of ether oxygens (including phenoxy) is 4. The highest BCUT2D eigenvalue weighted by atomic mass is 16.7. The van der Waals surface area contributed by atoms with Crippen LogP contribution in [0.3, 0.4) is 0 Å². The molecule has 3 aromatic rings. The first kappa shape index (κ1) is 31.5. The van der Waals surface area contributed by atoms with Gasteiger partial charge in [-0.1, -0.05) is 6.07 Å². The third kappa shape index (κ3) is 5.56. The molecule has 17 heteroatoms. The van der Waals surface area contributed by atoms with Gasteiger partial charge in [-0.2, -0.15) is 0 Å². The van der Waals surface area contributed by atoms with E-state index in [9.17, 15) is 65.4 Å². The number of phenols is 8. The molecule has 5 rings (SSSR count). The lowest BCUT2D eigenvalue weighted by Gasteiger charge is -2.41. The lowest BCUT2D eigenvalue weighted by molar-refractivity contribution is -0.285. The van der Waals surface area contributed by atoms with Crippen molar-refractivity contribution in [3.05, 3.63) is 53.1 Å². The maximum absolute atomic E-state index is 13.4. The smallest absolute Gasteiger partial charge is 0.339 e. The predicted molar refractivity (Wildman–Crippen MR) is 147 cm³/mol. The summed E-state index contributed by atoms with van der Waals surface area (Å²) in [5.41, 5.74) is -3.07. The van der Waals surface area contributed by atoms with Crippen LogP contribution < -0.4 is 0 Å². The van der Waals surface area contributed by atoms with Gasteiger partial charge in [0.15, 0.2) is 53.0 Å². The zero-order chi connectivity index (χ0) is 33.6. The number of hydrogen-bond donors (Lipinski definition) is 10. The van der Waals surface area contributed by atoms with Gasteiger partial charge in [-0.05, 0) is 35.9 Å². The van der Waals surface area contributed by atoms with Gasteiger partial charge >= 0.3 is 17.9 Å². The molecule has 10 N–H and O–H groups in total. The Balaban J connectivity index is 1.47. The molecule has 1 unspecified atom stereocenters. The number of aliphatic hydroxyl groups is 2. The topological polar surface area (TPSA) is 290 Å². The summed E-state index contributed by atoms with van der Waals surface area (Å²) in [7, 11) is 0. The molecule has 2 aliphatic heterocycles. The number of carbonyl (C=O) groups excluding carboxylic acids is 3. The van der Waals surface area contributed by atoms with Crippen LogP contribution in [-0.2, 0) is 23.7 Å². The average molecular weight is 644 g/mol. The van der Waals surface area contributed by atoms with Gasteiger partial charge in [0.05, 0.1) is 11.1 Å². The molecule has 46 heavy (non-hydrogen) atoms. The molecule has 2 aliphatic rings. The average Bonchev–Trinajstić information content (AvgIpc) is 3.01. The van der Waals surface area contributed by atoms with Crippen LogP contribution >= 0.6 is 0 Å². The first-order valence-corrected chi connectivity index (χ1v) is 13.1. The minimum Gasteiger partial charge on any atom is -0.504 e. The van der Waals surface area contributed by atoms with E-state index in [0.29, 0.717) is 17.7 Å². The molecule has 1 fully saturated rings. The van der Waals surface area contributed by atoms with E-state index in [4.69, 9.17) is 18.9 Å². The second-order valence-corrected chi connectivity index (χ2v) is 10.0. The van der Waals surface area contributed by atoms with Gasteiger partial charge in [-0.3, -0.25) is 0 Å². The van der Waals surface area contributed by atoms with E-state index in [-0.39, 0.29) is 5.75 Å². The van der Waals surface area contributed by atoms with Crippen LogP contribution in [0.1, 0.15) is 26.3 Å². The van der Waals surface area contributed by atoms with Gasteiger partial charge in [0.2, 0.25) is 11.5 Å². The van der Waals surface area contributed by atoms with Crippen LogP contribution in [0.25, 0.3) is 17.2 Å². The van der Waals surface area contributed by atoms with Gasteiger partial charge in [-0.25, -0.2) is 14.4 Å². The van der Waals surface area contributed by atoms with E-state index in [1.54, 1.807) is 0 Å². The molecule has 5 atom stereocenters. The number of esters is 3. The van der Waals surface area contributed by atoms with E-state index in [1.165, 1.54) is 18.2 Å². The highest BCUT2D eigenvalue weighted by Gasteiger charge is 2.51. The van der Waals surface area contributed by atoms with E-state index in [0.717, 1.165) is 12.1 Å². The standard InChI is InChI=1S/C29H24O17/c30-12-3-1-9(5-13(12)31)2-4-17(34)43-8-16-22(37)25-26(29(42)44-16)46-28(41)11-7-15(33)21(36)24(39)19(11)18-10(27(40)45-25)6-14(32)20(35)23(18)38/h1-7,16,22,25-26,29-33,35-39,42H,8H2/b4-2+/t16-,22-,25+,26-,29?/m1/s1. The molecule has 2 heterocycles. The summed E-state index contributed by atoms with van der Waals surface area (Å²) in [6, 6.07) is 4.85. The number of hydrogen-bond acceptors (Lipinski definition) is 17. The quantitative estimate of drug-likeness (QED) is 0.0795. The molecule has 0 aromatic heterocycles. The molecule has 0 spiro atoms. The van der Waals surface area contributed by atoms with Crippen LogP contribution in [0.2, 0.25) is 0 Å². The van der Waals surface area contributed by atoms with E-state index in [1.807, 2.05) is 0 Å². The zero-order valence-electron chi connectivity index (χ0n) is 23.0. The Labute approximate surface area is 256 Å². The molecule has 1 saturated heterocycles. The minimum absolute atomic E-state index is 0.304. The summed E-state index contributed by atoms with van der Waals surface area (Å²) >= 11 is 0. The van der Waals surface area contributed by atoms with Crippen molar-refractivity contribution < 1.29 is 84.4 Å². The van der Waals surface area contributed by atoms with Crippen molar-refractivity contribution in [2.24, 2.45) is 0 Å². The third-order valence-corrected chi connectivity index (χ3v) is 7.12. The van der Waals surface area contributed by atoms with Crippen molar-refractivity contribution in [1.29, 1.82) is 0 Å². The van der Waals surface area contributed by atoms with Gasteiger partial charge in [0, 0.05) is 17.2 Å². The SMILES string of the molecule is O=C(/C=C/c1ccc(O)c(O)c1)OC[C@H]1OC(O)[C@@H]2OC(=O)c3cc(O)c(O)c(O)c3-c3c(cc(O)c(O)c3O)C(=O)O[C@H]2[C@@H]1O. The number of rotatable bonds is 4. The van der Waals surface area contributed by atoms with Crippen molar-refractivity contribution in [2.45, 2.75) is 30.7 Å². The van der Waals surface area contributed by atoms with Gasteiger partial charge in [0.25, 0.3) is 0 Å². The highest BCUT2D eigenvalue weighted by molar-refractivity contribution is 6.08. The van der Waals surface area contributed by atoms with Crippen molar-refractivity contribution >= 4 is 24.0 Å². The molecule has 3 aromatic carbocycles. The van der Waals surface area contributed by atoms with Crippen LogP contribution in [0.4, 0.5) is 0 Å². The lowest BCUT2D eigenvalue weighted by atomic mass is 9.91. The van der Waals surface area contributed by atoms with Crippen molar-refractivity contribution in [3.63, 3.8) is 0 Å². The summed E-state index contributed by atoms with van der Waals surface area (Å²) in [4.78, 5) is 39.0. The summed E-state index contributed by atoms with van der Waals surface area (Å²) in [6.07, 6.45) is -7.60.